The number of H-pyrrole nitrogens is 1. The van der Waals surface area contributed by atoms with Crippen molar-refractivity contribution in [2.45, 2.75) is 19.3 Å². The summed E-state index contributed by atoms with van der Waals surface area (Å²) in [6, 6.07) is 9.20. The quantitative estimate of drug-likeness (QED) is 0.721. The van der Waals surface area contributed by atoms with Crippen molar-refractivity contribution in [3.63, 3.8) is 0 Å². The third-order valence-electron chi connectivity index (χ3n) is 4.33. The number of rotatable bonds is 3. The number of fused-ring (bicyclic) bond motifs is 1. The Labute approximate surface area is 153 Å². The molecule has 4 rings (SSSR count). The van der Waals surface area contributed by atoms with Crippen molar-refractivity contribution in [1.82, 2.24) is 4.98 Å². The smallest absolute Gasteiger partial charge is 0.266 e. The molecule has 0 spiro atoms. The van der Waals surface area contributed by atoms with Gasteiger partial charge in [0, 0.05) is 17.1 Å². The van der Waals surface area contributed by atoms with Crippen LogP contribution in [0.2, 0.25) is 0 Å². The Morgan fingerprint density at radius 2 is 2.15 bits per heavy atom. The van der Waals surface area contributed by atoms with Gasteiger partial charge in [-0.05, 0) is 29.8 Å². The van der Waals surface area contributed by atoms with Crippen LogP contribution in [0, 0.1) is 0 Å². The fourth-order valence-corrected chi connectivity index (χ4v) is 3.81. The van der Waals surface area contributed by atoms with Crippen LogP contribution in [0.25, 0.3) is 12.2 Å². The van der Waals surface area contributed by atoms with Crippen LogP contribution in [0.1, 0.15) is 35.5 Å². The molecular formula is C20H17NO4S. The van der Waals surface area contributed by atoms with Gasteiger partial charge in [-0.15, -0.1) is 11.3 Å². The van der Waals surface area contributed by atoms with Crippen molar-refractivity contribution >= 4 is 29.3 Å². The summed E-state index contributed by atoms with van der Waals surface area (Å²) in [5, 5.41) is 0. The predicted molar refractivity (Wildman–Crippen MR) is 100 cm³/mol. The number of ketones is 1. The van der Waals surface area contributed by atoms with Gasteiger partial charge in [-0.2, -0.15) is 0 Å². The number of hydrogen-bond acceptors (Lipinski definition) is 5. The second kappa shape index (κ2) is 6.14. The molecule has 0 amide bonds. The normalized spacial score (nSPS) is 16.5. The first-order valence-corrected chi connectivity index (χ1v) is 9.02. The van der Waals surface area contributed by atoms with E-state index in [0.29, 0.717) is 15.8 Å². The Hall–Kier alpha value is -2.86. The fraction of sp³-hybridized carbons (Fsp3) is 0.200. The van der Waals surface area contributed by atoms with Gasteiger partial charge < -0.3 is 14.1 Å². The van der Waals surface area contributed by atoms with E-state index in [1.54, 1.807) is 18.2 Å². The lowest BCUT2D eigenvalue weighted by atomic mass is 9.86. The van der Waals surface area contributed by atoms with E-state index in [1.807, 2.05) is 18.2 Å². The molecule has 0 fully saturated rings. The molecule has 0 unspecified atom stereocenters. The Bertz CT molecular complexity index is 1150. The molecule has 26 heavy (non-hydrogen) atoms. The van der Waals surface area contributed by atoms with E-state index < -0.39 is 0 Å². The van der Waals surface area contributed by atoms with Crippen LogP contribution in [0.5, 0.6) is 5.75 Å². The molecule has 6 heteroatoms. The van der Waals surface area contributed by atoms with E-state index in [2.05, 4.69) is 18.8 Å². The molecule has 1 aliphatic rings. The maximum Gasteiger partial charge on any atom is 0.266 e. The lowest BCUT2D eigenvalue weighted by Gasteiger charge is -2.14. The molecule has 2 aromatic heterocycles. The number of thiazole rings is 1. The molecule has 0 radical (unpaired) electrons. The zero-order valence-corrected chi connectivity index (χ0v) is 15.2. The first-order chi connectivity index (χ1) is 12.4. The third kappa shape index (κ3) is 3.04. The van der Waals surface area contributed by atoms with Gasteiger partial charge in [0.1, 0.15) is 5.75 Å². The third-order valence-corrected chi connectivity index (χ3v) is 5.29. The summed E-state index contributed by atoms with van der Waals surface area (Å²) >= 11 is 1.23. The Kier molecular flexibility index (Phi) is 3.92. The molecule has 0 saturated carbocycles. The van der Waals surface area contributed by atoms with Crippen molar-refractivity contribution in [2.75, 3.05) is 6.61 Å². The van der Waals surface area contributed by atoms with Crippen molar-refractivity contribution in [3.8, 4) is 5.75 Å². The van der Waals surface area contributed by atoms with Gasteiger partial charge in [-0.25, -0.2) is 0 Å². The van der Waals surface area contributed by atoms with Crippen molar-refractivity contribution in [1.29, 1.82) is 0 Å². The van der Waals surface area contributed by atoms with E-state index in [-0.39, 0.29) is 22.5 Å². The van der Waals surface area contributed by atoms with Crippen LogP contribution in [0.4, 0.5) is 0 Å². The maximum absolute atomic E-state index is 12.2. The van der Waals surface area contributed by atoms with Crippen molar-refractivity contribution in [3.05, 3.63) is 73.0 Å². The molecular weight excluding hydrogens is 350 g/mol. The molecule has 0 aliphatic carbocycles. The van der Waals surface area contributed by atoms with E-state index in [1.165, 1.54) is 29.2 Å². The highest BCUT2D eigenvalue weighted by molar-refractivity contribution is 7.07. The van der Waals surface area contributed by atoms with Gasteiger partial charge in [0.2, 0.25) is 5.78 Å². The van der Waals surface area contributed by atoms with Crippen LogP contribution in [-0.2, 0) is 5.41 Å². The van der Waals surface area contributed by atoms with Crippen LogP contribution in [0.15, 0.2) is 45.8 Å². The standard InChI is InChI=1S/C20H17NO4S/c1-20(2)11-25-16-8-12(5-6-13(16)20)9-17-19(23)21-18(26-17)10-14(22)15-4-3-7-24-15/h3-10H,11H2,1-2H3,(H,21,23)/b17-9-,18-10-. The predicted octanol–water partition coefficient (Wildman–Crippen LogP) is 2.19. The summed E-state index contributed by atoms with van der Waals surface area (Å²) in [7, 11) is 0. The van der Waals surface area contributed by atoms with Gasteiger partial charge in [0.25, 0.3) is 5.56 Å². The summed E-state index contributed by atoms with van der Waals surface area (Å²) in [5.41, 5.74) is 1.84. The zero-order chi connectivity index (χ0) is 18.3. The number of carbonyl (C=O) groups excluding carboxylic acids is 1. The monoisotopic (exact) mass is 367 g/mol. The molecule has 1 N–H and O–H groups in total. The first-order valence-electron chi connectivity index (χ1n) is 8.20. The Balaban J connectivity index is 1.70. The summed E-state index contributed by atoms with van der Waals surface area (Å²) in [5.74, 6) is 0.812. The molecule has 132 valence electrons. The van der Waals surface area contributed by atoms with E-state index in [4.69, 9.17) is 9.15 Å². The highest BCUT2D eigenvalue weighted by Crippen LogP contribution is 2.38. The Morgan fingerprint density at radius 3 is 2.92 bits per heavy atom. The van der Waals surface area contributed by atoms with Gasteiger partial charge in [0.15, 0.2) is 5.76 Å². The number of ether oxygens (including phenoxy) is 1. The largest absolute Gasteiger partial charge is 0.492 e. The summed E-state index contributed by atoms with van der Waals surface area (Å²) in [6.45, 7) is 4.94. The van der Waals surface area contributed by atoms with Crippen molar-refractivity contribution in [2.24, 2.45) is 0 Å². The minimum atomic E-state index is -0.285. The molecule has 0 atom stereocenters. The van der Waals surface area contributed by atoms with Crippen LogP contribution in [0.3, 0.4) is 0 Å². The number of furan rings is 1. The molecule has 5 nitrogen and oxygen atoms in total. The van der Waals surface area contributed by atoms with Crippen LogP contribution in [-0.4, -0.2) is 17.4 Å². The number of nitrogens with one attached hydrogen (secondary N) is 1. The SMILES string of the molecule is CC1(C)COc2cc(/C=c3\s/c(=C\C(=O)c4ccco4)[nH]c3=O)ccc21. The summed E-state index contributed by atoms with van der Waals surface area (Å²) in [6.07, 6.45) is 4.61. The van der Waals surface area contributed by atoms with Gasteiger partial charge in [-0.3, -0.25) is 9.59 Å². The topological polar surface area (TPSA) is 72.3 Å². The second-order valence-electron chi connectivity index (χ2n) is 6.84. The number of aromatic nitrogens is 1. The highest BCUT2D eigenvalue weighted by Gasteiger charge is 2.31. The van der Waals surface area contributed by atoms with Crippen LogP contribution >= 0.6 is 11.3 Å². The minimum Gasteiger partial charge on any atom is -0.492 e. The van der Waals surface area contributed by atoms with E-state index in [0.717, 1.165) is 11.3 Å². The molecule has 0 bridgehead atoms. The lowest BCUT2D eigenvalue weighted by Crippen LogP contribution is -2.20. The molecule has 0 saturated heterocycles. The molecule has 3 aromatic rings. The lowest BCUT2D eigenvalue weighted by molar-refractivity contribution is 0.103. The summed E-state index contributed by atoms with van der Waals surface area (Å²) in [4.78, 5) is 26.9. The average Bonchev–Trinajstić information content (AvgIpc) is 3.29. The zero-order valence-electron chi connectivity index (χ0n) is 14.4. The van der Waals surface area contributed by atoms with E-state index >= 15 is 0 Å². The minimum absolute atomic E-state index is 0.00259. The van der Waals surface area contributed by atoms with Gasteiger partial charge in [0.05, 0.1) is 22.1 Å². The first kappa shape index (κ1) is 16.6. The van der Waals surface area contributed by atoms with Crippen molar-refractivity contribution < 1.29 is 13.9 Å². The number of hydrogen-bond donors (Lipinski definition) is 1. The number of Topliss-reactive ketones (excluding diaryl/α,β-unsaturated/α-hetero) is 1. The van der Waals surface area contributed by atoms with Crippen LogP contribution < -0.4 is 19.5 Å². The fourth-order valence-electron chi connectivity index (χ4n) is 2.93. The Morgan fingerprint density at radius 1 is 1.31 bits per heavy atom. The van der Waals surface area contributed by atoms with Gasteiger partial charge in [-0.1, -0.05) is 26.0 Å². The number of aromatic amines is 1. The maximum atomic E-state index is 12.2. The second-order valence-corrected chi connectivity index (χ2v) is 7.93. The number of carbonyl (C=O) groups is 1. The van der Waals surface area contributed by atoms with Gasteiger partial charge >= 0.3 is 0 Å². The molecule has 1 aliphatic heterocycles. The molecule has 1 aromatic carbocycles. The highest BCUT2D eigenvalue weighted by atomic mass is 32.1. The van der Waals surface area contributed by atoms with E-state index in [9.17, 15) is 9.59 Å². The average molecular weight is 367 g/mol. The summed E-state index contributed by atoms with van der Waals surface area (Å²) < 4.78 is 11.8. The molecule has 3 heterocycles. The number of benzene rings is 1.